The molecule has 1 atom stereocenters. The summed E-state index contributed by atoms with van der Waals surface area (Å²) in [4.78, 5) is 0.158. The van der Waals surface area contributed by atoms with Crippen LogP contribution in [0.3, 0.4) is 0 Å². The maximum atomic E-state index is 12.1. The van der Waals surface area contributed by atoms with Crippen LogP contribution in [0.15, 0.2) is 29.2 Å². The number of benzene rings is 1. The van der Waals surface area contributed by atoms with Crippen molar-refractivity contribution in [2.75, 3.05) is 0 Å². The van der Waals surface area contributed by atoms with Gasteiger partial charge in [0.15, 0.2) is 0 Å². The first kappa shape index (κ1) is 15.2. The SMILES string of the molecule is C#CC(CCC)NS(=O)(=O)c1ccc(CC#N)cc1. The van der Waals surface area contributed by atoms with E-state index in [-0.39, 0.29) is 11.3 Å². The van der Waals surface area contributed by atoms with E-state index >= 15 is 0 Å². The molecule has 1 rings (SSSR count). The van der Waals surface area contributed by atoms with Crippen LogP contribution >= 0.6 is 0 Å². The van der Waals surface area contributed by atoms with Crippen molar-refractivity contribution in [1.82, 2.24) is 4.72 Å². The Morgan fingerprint density at radius 2 is 2.00 bits per heavy atom. The third-order valence-corrected chi connectivity index (χ3v) is 4.08. The van der Waals surface area contributed by atoms with E-state index in [4.69, 9.17) is 11.7 Å². The van der Waals surface area contributed by atoms with E-state index in [2.05, 4.69) is 10.6 Å². The van der Waals surface area contributed by atoms with Gasteiger partial charge in [-0.05, 0) is 24.1 Å². The molecule has 0 fully saturated rings. The average molecular weight is 276 g/mol. The van der Waals surface area contributed by atoms with Gasteiger partial charge in [0.25, 0.3) is 0 Å². The maximum Gasteiger partial charge on any atom is 0.241 e. The molecule has 0 spiro atoms. The molecule has 5 heteroatoms. The van der Waals surface area contributed by atoms with Crippen molar-refractivity contribution in [3.8, 4) is 18.4 Å². The first-order valence-corrected chi connectivity index (χ1v) is 7.46. The van der Waals surface area contributed by atoms with Crippen molar-refractivity contribution in [3.63, 3.8) is 0 Å². The number of rotatable bonds is 6. The molecule has 19 heavy (non-hydrogen) atoms. The number of nitriles is 1. The summed E-state index contributed by atoms with van der Waals surface area (Å²) in [6, 6.07) is 7.73. The second-order valence-electron chi connectivity index (χ2n) is 4.11. The minimum atomic E-state index is -3.60. The molecule has 0 amide bonds. The Kier molecular flexibility index (Phi) is 5.57. The summed E-state index contributed by atoms with van der Waals surface area (Å²) >= 11 is 0. The van der Waals surface area contributed by atoms with Crippen molar-refractivity contribution in [1.29, 1.82) is 5.26 Å². The Bertz CT molecular complexity index is 592. The second-order valence-corrected chi connectivity index (χ2v) is 5.82. The Morgan fingerprint density at radius 1 is 1.37 bits per heavy atom. The summed E-state index contributed by atoms with van der Waals surface area (Å²) in [5.41, 5.74) is 0.781. The fraction of sp³-hybridized carbons (Fsp3) is 0.357. The van der Waals surface area contributed by atoms with E-state index in [9.17, 15) is 8.42 Å². The fourth-order valence-electron chi connectivity index (χ4n) is 1.60. The molecule has 0 saturated heterocycles. The summed E-state index contributed by atoms with van der Waals surface area (Å²) in [5, 5.41) is 8.56. The van der Waals surface area contributed by atoms with Gasteiger partial charge >= 0.3 is 0 Å². The lowest BCUT2D eigenvalue weighted by Gasteiger charge is -2.12. The number of hydrogen-bond donors (Lipinski definition) is 1. The summed E-state index contributed by atoms with van der Waals surface area (Å²) in [7, 11) is -3.60. The fourth-order valence-corrected chi connectivity index (χ4v) is 2.79. The minimum absolute atomic E-state index is 0.158. The van der Waals surface area contributed by atoms with Crippen LogP contribution in [-0.2, 0) is 16.4 Å². The molecule has 1 unspecified atom stereocenters. The zero-order valence-corrected chi connectivity index (χ0v) is 11.6. The predicted molar refractivity (Wildman–Crippen MR) is 73.6 cm³/mol. The summed E-state index contributed by atoms with van der Waals surface area (Å²) in [6.07, 6.45) is 6.96. The van der Waals surface area contributed by atoms with Gasteiger partial charge in [-0.1, -0.05) is 31.4 Å². The molecule has 0 aromatic heterocycles. The summed E-state index contributed by atoms with van der Waals surface area (Å²) in [5.74, 6) is 2.43. The molecule has 1 N–H and O–H groups in total. The molecule has 0 saturated carbocycles. The molecule has 0 radical (unpaired) electrons. The van der Waals surface area contributed by atoms with Gasteiger partial charge in [0, 0.05) is 0 Å². The Morgan fingerprint density at radius 3 is 2.47 bits per heavy atom. The molecule has 100 valence electrons. The molecule has 0 bridgehead atoms. The highest BCUT2D eigenvalue weighted by Gasteiger charge is 2.17. The second kappa shape index (κ2) is 6.94. The van der Waals surface area contributed by atoms with Gasteiger partial charge in [-0.3, -0.25) is 0 Å². The van der Waals surface area contributed by atoms with Crippen molar-refractivity contribution >= 4 is 10.0 Å². The lowest BCUT2D eigenvalue weighted by Crippen LogP contribution is -2.33. The quantitative estimate of drug-likeness (QED) is 0.806. The lowest BCUT2D eigenvalue weighted by atomic mass is 10.2. The standard InChI is InChI=1S/C14H16N2O2S/c1-3-5-13(4-2)16-19(17,18)14-8-6-12(7-9-14)10-11-15/h2,6-9,13,16H,3,5,10H2,1H3. The predicted octanol–water partition coefficient (Wildman–Crippen LogP) is 1.83. The molecule has 0 heterocycles. The molecular weight excluding hydrogens is 260 g/mol. The van der Waals surface area contributed by atoms with E-state index in [1.165, 1.54) is 12.1 Å². The maximum absolute atomic E-state index is 12.1. The highest BCUT2D eigenvalue weighted by molar-refractivity contribution is 7.89. The van der Waals surface area contributed by atoms with Gasteiger partial charge in [0.1, 0.15) is 0 Å². The van der Waals surface area contributed by atoms with E-state index in [0.29, 0.717) is 6.42 Å². The molecule has 1 aromatic rings. The van der Waals surface area contributed by atoms with Crippen LogP contribution < -0.4 is 4.72 Å². The molecule has 0 aliphatic rings. The molecule has 0 aliphatic heterocycles. The van der Waals surface area contributed by atoms with E-state index in [1.807, 2.05) is 13.0 Å². The van der Waals surface area contributed by atoms with Crippen LogP contribution in [-0.4, -0.2) is 14.5 Å². The smallest absolute Gasteiger partial charge is 0.207 e. The zero-order valence-electron chi connectivity index (χ0n) is 10.8. The normalized spacial score (nSPS) is 12.4. The number of nitrogens with zero attached hydrogens (tertiary/aromatic N) is 1. The molecule has 1 aromatic carbocycles. The summed E-state index contributed by atoms with van der Waals surface area (Å²) in [6.45, 7) is 1.94. The van der Waals surface area contributed by atoms with Gasteiger partial charge in [0.2, 0.25) is 10.0 Å². The Balaban J connectivity index is 2.89. The van der Waals surface area contributed by atoms with Crippen LogP contribution in [0.2, 0.25) is 0 Å². The Labute approximate surface area is 114 Å². The number of nitrogens with one attached hydrogen (secondary N) is 1. The van der Waals surface area contributed by atoms with Crippen molar-refractivity contribution in [2.45, 2.75) is 37.1 Å². The van der Waals surface area contributed by atoms with Crippen LogP contribution in [0.4, 0.5) is 0 Å². The van der Waals surface area contributed by atoms with Gasteiger partial charge in [-0.15, -0.1) is 6.42 Å². The van der Waals surface area contributed by atoms with Gasteiger partial charge in [-0.2, -0.15) is 9.98 Å². The largest absolute Gasteiger partial charge is 0.241 e. The van der Waals surface area contributed by atoms with Crippen LogP contribution in [0.5, 0.6) is 0 Å². The summed E-state index contributed by atoms with van der Waals surface area (Å²) < 4.78 is 26.6. The first-order chi connectivity index (χ1) is 9.03. The van der Waals surface area contributed by atoms with Crippen molar-refractivity contribution in [3.05, 3.63) is 29.8 Å². The number of hydrogen-bond acceptors (Lipinski definition) is 3. The zero-order chi connectivity index (χ0) is 14.3. The van der Waals surface area contributed by atoms with Gasteiger partial charge < -0.3 is 0 Å². The van der Waals surface area contributed by atoms with Crippen molar-refractivity contribution in [2.24, 2.45) is 0 Å². The van der Waals surface area contributed by atoms with Crippen molar-refractivity contribution < 1.29 is 8.42 Å². The van der Waals surface area contributed by atoms with Gasteiger partial charge in [-0.25, -0.2) is 8.42 Å². The molecule has 0 aliphatic carbocycles. The monoisotopic (exact) mass is 276 g/mol. The third kappa shape index (κ3) is 4.40. The van der Waals surface area contributed by atoms with E-state index in [0.717, 1.165) is 12.0 Å². The molecular formula is C14H16N2O2S. The number of terminal acetylenes is 1. The third-order valence-electron chi connectivity index (χ3n) is 2.59. The van der Waals surface area contributed by atoms with Crippen LogP contribution in [0.1, 0.15) is 25.3 Å². The van der Waals surface area contributed by atoms with E-state index in [1.54, 1.807) is 12.1 Å². The Hall–Kier alpha value is -1.82. The first-order valence-electron chi connectivity index (χ1n) is 5.98. The number of sulfonamides is 1. The minimum Gasteiger partial charge on any atom is -0.207 e. The van der Waals surface area contributed by atoms with Crippen LogP contribution in [0.25, 0.3) is 0 Å². The van der Waals surface area contributed by atoms with Crippen LogP contribution in [0, 0.1) is 23.7 Å². The average Bonchev–Trinajstić information content (AvgIpc) is 2.39. The van der Waals surface area contributed by atoms with Gasteiger partial charge in [0.05, 0.1) is 23.4 Å². The highest BCUT2D eigenvalue weighted by Crippen LogP contribution is 2.12. The highest BCUT2D eigenvalue weighted by atomic mass is 32.2. The topological polar surface area (TPSA) is 70.0 Å². The van der Waals surface area contributed by atoms with E-state index < -0.39 is 16.1 Å². The molecule has 4 nitrogen and oxygen atoms in total. The lowest BCUT2D eigenvalue weighted by molar-refractivity contribution is 0.564.